The van der Waals surface area contributed by atoms with E-state index in [1.807, 2.05) is 0 Å². The molecule has 3 heterocycles. The number of carbonyl (C=O) groups excluding carboxylic acids is 1. The van der Waals surface area contributed by atoms with Gasteiger partial charge in [-0.3, -0.25) is 4.79 Å². The summed E-state index contributed by atoms with van der Waals surface area (Å²) in [7, 11) is 0. The van der Waals surface area contributed by atoms with E-state index >= 15 is 0 Å². The van der Waals surface area contributed by atoms with Gasteiger partial charge in [0.25, 0.3) is 0 Å². The maximum Gasteiger partial charge on any atom is 0.315 e. The third-order valence-electron chi connectivity index (χ3n) is 19.3. The van der Waals surface area contributed by atoms with Crippen LogP contribution >= 0.6 is 0 Å². The number of esters is 1. The first-order valence-corrected chi connectivity index (χ1v) is 24.5. The fourth-order valence-electron chi connectivity index (χ4n) is 15.1. The second-order valence-corrected chi connectivity index (χ2v) is 23.7. The Balaban J connectivity index is 0.991. The molecule has 0 aromatic carbocycles. The Hall–Kier alpha value is -1.51. The van der Waals surface area contributed by atoms with Gasteiger partial charge in [-0.05, 0) is 91.8 Å². The maximum atomic E-state index is 15.0. The summed E-state index contributed by atoms with van der Waals surface area (Å²) >= 11 is 0. The second kappa shape index (κ2) is 18.5. The Bertz CT molecular complexity index is 1870. The van der Waals surface area contributed by atoms with Crippen LogP contribution in [-0.4, -0.2) is 203 Å². The molecular weight excluding hydrogens is 897 g/mol. The van der Waals surface area contributed by atoms with Crippen LogP contribution in [0.3, 0.4) is 0 Å². The molecule has 0 unspecified atom stereocenters. The molecule has 20 heteroatoms. The first-order chi connectivity index (χ1) is 31.7. The largest absolute Gasteiger partial charge is 0.432 e. The van der Waals surface area contributed by atoms with Crippen molar-refractivity contribution in [1.82, 2.24) is 0 Å². The zero-order chi connectivity index (χ0) is 50.0. The van der Waals surface area contributed by atoms with E-state index in [1.165, 1.54) is 6.92 Å². The van der Waals surface area contributed by atoms with Crippen molar-refractivity contribution in [2.24, 2.45) is 50.2 Å². The van der Waals surface area contributed by atoms with Crippen molar-refractivity contribution in [3.05, 3.63) is 11.6 Å². The van der Waals surface area contributed by atoms with Crippen molar-refractivity contribution < 1.29 is 99.6 Å². The topological polar surface area (TPSA) is 335 Å². The monoisotopic (exact) mass is 975 g/mol. The van der Waals surface area contributed by atoms with Crippen LogP contribution in [0.15, 0.2) is 11.6 Å². The molecule has 0 aromatic heterocycles. The maximum absolute atomic E-state index is 15.0. The van der Waals surface area contributed by atoms with E-state index in [1.54, 1.807) is 6.92 Å². The van der Waals surface area contributed by atoms with Gasteiger partial charge >= 0.3 is 5.97 Å². The summed E-state index contributed by atoms with van der Waals surface area (Å²) in [6, 6.07) is 0. The minimum Gasteiger partial charge on any atom is -0.432 e. The molecule has 0 spiro atoms. The molecule has 0 radical (unpaired) electrons. The standard InChI is InChI=1S/C48H78O20/c1-20-28(53)30(55)33(58)40(64-20)67-36-25(17-49)65-39(35(60)32(36)57)63-18-26-29(54)31(56)34(59)41(66-26)68-42(62)48-12-10-43(2,3)14-22(48)21-8-9-27-44(4)15-24(52)38(61)45(5,19-50)37(44)23(51)16-47(27,7)46(21,6)11-13-48/h8,20,22-41,49-61H,9-19H2,1-7H3/t20-,22-,23+,24-,25+,26+,27+,28-,29+,30+,31-,32+,33+,34+,35+,36+,37+,38-,39+,40-,41-,44+,45-,46+,47+,48-/m0/s1. The Morgan fingerprint density at radius 2 is 1.29 bits per heavy atom. The molecule has 8 aliphatic rings. The van der Waals surface area contributed by atoms with Crippen molar-refractivity contribution in [3.8, 4) is 0 Å². The number of aliphatic hydroxyl groups is 13. The van der Waals surface area contributed by atoms with E-state index in [9.17, 15) is 71.2 Å². The molecule has 390 valence electrons. The molecule has 5 aliphatic carbocycles. The number of carbonyl (C=O) groups is 1. The lowest BCUT2D eigenvalue weighted by Gasteiger charge is -2.72. The zero-order valence-corrected chi connectivity index (χ0v) is 40.2. The average Bonchev–Trinajstić information content (AvgIpc) is 3.28. The van der Waals surface area contributed by atoms with E-state index in [0.29, 0.717) is 44.9 Å². The SMILES string of the molecule is C[C@@H]1O[C@@H](O[C@H]2[C@H](O)[C@@H](O)[C@H](OC[C@H]3O[C@@H](OC(=O)[C@]45CCC(C)(C)C[C@H]4C4=CC[C@@H]6[C@@]7(C)C[C@H](O)[C@H](O)[C@@](C)(CO)[C@@H]7[C@H](O)C[C@@]6(C)[C@]4(C)CC5)[C@H](O)[C@@H](O)[C@@H]3O)O[C@@H]2CO)[C@H](O)[C@H](O)[C@H]1O. The molecule has 3 aliphatic heterocycles. The Morgan fingerprint density at radius 3 is 1.96 bits per heavy atom. The Kier molecular flexibility index (Phi) is 14.3. The van der Waals surface area contributed by atoms with E-state index in [2.05, 4.69) is 40.7 Å². The van der Waals surface area contributed by atoms with Crippen LogP contribution in [0.25, 0.3) is 0 Å². The van der Waals surface area contributed by atoms with E-state index in [0.717, 1.165) is 5.57 Å². The van der Waals surface area contributed by atoms with Gasteiger partial charge in [-0.2, -0.15) is 0 Å². The normalized spacial score (nSPS) is 55.7. The van der Waals surface area contributed by atoms with Crippen LogP contribution in [0.5, 0.6) is 0 Å². The van der Waals surface area contributed by atoms with Crippen molar-refractivity contribution in [3.63, 3.8) is 0 Å². The fraction of sp³-hybridized carbons (Fsp3) is 0.938. The number of allylic oxidation sites excluding steroid dienone is 2. The predicted molar refractivity (Wildman–Crippen MR) is 233 cm³/mol. The number of rotatable bonds is 9. The van der Waals surface area contributed by atoms with Crippen LogP contribution in [0, 0.1) is 50.2 Å². The summed E-state index contributed by atoms with van der Waals surface area (Å²) in [5.41, 5.74) is -3.01. The average molecular weight is 975 g/mol. The molecule has 20 nitrogen and oxygen atoms in total. The van der Waals surface area contributed by atoms with Crippen molar-refractivity contribution in [2.75, 3.05) is 19.8 Å². The molecule has 0 amide bonds. The molecule has 26 atom stereocenters. The van der Waals surface area contributed by atoms with Gasteiger partial charge in [-0.15, -0.1) is 0 Å². The number of hydrogen-bond acceptors (Lipinski definition) is 20. The van der Waals surface area contributed by atoms with Crippen molar-refractivity contribution in [1.29, 1.82) is 0 Å². The van der Waals surface area contributed by atoms with Gasteiger partial charge in [0.2, 0.25) is 6.29 Å². The summed E-state index contributed by atoms with van der Waals surface area (Å²) in [6.07, 6.45) is -21.7. The van der Waals surface area contributed by atoms with E-state index in [4.69, 9.17) is 28.4 Å². The molecule has 3 saturated heterocycles. The fourth-order valence-corrected chi connectivity index (χ4v) is 15.1. The van der Waals surface area contributed by atoms with Crippen LogP contribution < -0.4 is 0 Å². The summed E-state index contributed by atoms with van der Waals surface area (Å²) < 4.78 is 34.6. The summed E-state index contributed by atoms with van der Waals surface area (Å²) in [4.78, 5) is 15.0. The van der Waals surface area contributed by atoms with Crippen LogP contribution in [0.1, 0.15) is 99.8 Å². The molecule has 0 aromatic rings. The van der Waals surface area contributed by atoms with Gasteiger partial charge in [0.15, 0.2) is 12.6 Å². The van der Waals surface area contributed by atoms with Gasteiger partial charge in [0, 0.05) is 11.3 Å². The first kappa shape index (κ1) is 52.8. The van der Waals surface area contributed by atoms with Crippen molar-refractivity contribution in [2.45, 2.75) is 210 Å². The minimum atomic E-state index is -1.89. The van der Waals surface area contributed by atoms with Crippen LogP contribution in [0.4, 0.5) is 0 Å². The Morgan fingerprint density at radius 1 is 0.676 bits per heavy atom. The number of ether oxygens (including phenoxy) is 6. The van der Waals surface area contributed by atoms with Crippen LogP contribution in [0.2, 0.25) is 0 Å². The van der Waals surface area contributed by atoms with Crippen molar-refractivity contribution >= 4 is 5.97 Å². The zero-order valence-electron chi connectivity index (χ0n) is 40.2. The van der Waals surface area contributed by atoms with Gasteiger partial charge < -0.3 is 94.8 Å². The van der Waals surface area contributed by atoms with Gasteiger partial charge in [-0.1, -0.05) is 53.2 Å². The molecule has 8 rings (SSSR count). The third kappa shape index (κ3) is 8.07. The lowest BCUT2D eigenvalue weighted by atomic mass is 9.33. The van der Waals surface area contributed by atoms with Crippen LogP contribution in [-0.2, 0) is 33.2 Å². The minimum absolute atomic E-state index is 0.0494. The number of aliphatic hydroxyl groups excluding tert-OH is 13. The lowest BCUT2D eigenvalue weighted by Crippen LogP contribution is -2.71. The molecule has 68 heavy (non-hydrogen) atoms. The Labute approximate surface area is 396 Å². The van der Waals surface area contributed by atoms with E-state index < -0.39 is 169 Å². The highest BCUT2D eigenvalue weighted by Crippen LogP contribution is 2.76. The highest BCUT2D eigenvalue weighted by molar-refractivity contribution is 5.79. The molecule has 0 bridgehead atoms. The highest BCUT2D eigenvalue weighted by Gasteiger charge is 2.73. The highest BCUT2D eigenvalue weighted by atomic mass is 16.8. The van der Waals surface area contributed by atoms with Gasteiger partial charge in [0.05, 0.1) is 49.7 Å². The lowest BCUT2D eigenvalue weighted by molar-refractivity contribution is -0.361. The number of hydrogen-bond donors (Lipinski definition) is 13. The molecule has 7 fully saturated rings. The van der Waals surface area contributed by atoms with E-state index in [-0.39, 0.29) is 23.7 Å². The summed E-state index contributed by atoms with van der Waals surface area (Å²) in [5.74, 6) is -1.51. The van der Waals surface area contributed by atoms with Gasteiger partial charge in [-0.25, -0.2) is 0 Å². The third-order valence-corrected chi connectivity index (χ3v) is 19.3. The molecular formula is C48H78O20. The first-order valence-electron chi connectivity index (χ1n) is 24.5. The quantitative estimate of drug-likeness (QED) is 0.0885. The predicted octanol–water partition coefficient (Wildman–Crippen LogP) is -1.92. The summed E-state index contributed by atoms with van der Waals surface area (Å²) in [5, 5.41) is 142. The summed E-state index contributed by atoms with van der Waals surface area (Å²) in [6.45, 7) is 12.1. The smallest absolute Gasteiger partial charge is 0.315 e. The second-order valence-electron chi connectivity index (χ2n) is 23.7. The molecule has 13 N–H and O–H groups in total. The number of fused-ring (bicyclic) bond motifs is 7. The van der Waals surface area contributed by atoms with Gasteiger partial charge in [0.1, 0.15) is 67.1 Å². The molecule has 4 saturated carbocycles.